The minimum absolute atomic E-state index is 0.244. The van der Waals surface area contributed by atoms with Gasteiger partial charge in [0.05, 0.1) is 11.9 Å². The first-order chi connectivity index (χ1) is 8.35. The van der Waals surface area contributed by atoms with E-state index in [2.05, 4.69) is 10.3 Å². The maximum Gasteiger partial charge on any atom is 0.405 e. The van der Waals surface area contributed by atoms with Crippen molar-refractivity contribution in [1.29, 1.82) is 0 Å². The van der Waals surface area contributed by atoms with Crippen molar-refractivity contribution in [3.8, 4) is 0 Å². The fourth-order valence-electron chi connectivity index (χ4n) is 1.75. The van der Waals surface area contributed by atoms with Crippen LogP contribution in [-0.2, 0) is 6.54 Å². The van der Waals surface area contributed by atoms with Gasteiger partial charge < -0.3 is 10.2 Å². The van der Waals surface area contributed by atoms with E-state index in [9.17, 15) is 13.2 Å². The zero-order valence-corrected chi connectivity index (χ0v) is 10.8. The van der Waals surface area contributed by atoms with Gasteiger partial charge in [0.15, 0.2) is 0 Å². The van der Waals surface area contributed by atoms with E-state index in [1.165, 1.54) is 11.1 Å². The normalized spacial score (nSPS) is 11.9. The predicted molar refractivity (Wildman–Crippen MR) is 65.5 cm³/mol. The Hall–Kier alpha value is -1.30. The van der Waals surface area contributed by atoms with Crippen LogP contribution in [0.15, 0.2) is 18.5 Å². The summed E-state index contributed by atoms with van der Waals surface area (Å²) in [6.45, 7) is 3.02. The second-order valence-electron chi connectivity index (χ2n) is 4.37. The second kappa shape index (κ2) is 6.04. The molecule has 0 aliphatic heterocycles. The SMILES string of the molecule is CNCc1ccncc1N(CC(F)(F)F)C(C)C. The van der Waals surface area contributed by atoms with Crippen LogP contribution < -0.4 is 10.2 Å². The first kappa shape index (κ1) is 14.8. The molecule has 0 aromatic carbocycles. The highest BCUT2D eigenvalue weighted by Crippen LogP contribution is 2.26. The minimum atomic E-state index is -4.23. The third-order valence-corrected chi connectivity index (χ3v) is 2.54. The highest BCUT2D eigenvalue weighted by Gasteiger charge is 2.32. The number of anilines is 1. The average molecular weight is 261 g/mol. The van der Waals surface area contributed by atoms with Gasteiger partial charge in [-0.1, -0.05) is 0 Å². The molecule has 3 nitrogen and oxygen atoms in total. The molecule has 0 aliphatic carbocycles. The highest BCUT2D eigenvalue weighted by atomic mass is 19.4. The van der Waals surface area contributed by atoms with Gasteiger partial charge in [-0.05, 0) is 32.5 Å². The van der Waals surface area contributed by atoms with Gasteiger partial charge in [-0.15, -0.1) is 0 Å². The third kappa shape index (κ3) is 4.18. The number of hydrogen-bond acceptors (Lipinski definition) is 3. The molecule has 0 fully saturated rings. The van der Waals surface area contributed by atoms with Gasteiger partial charge in [-0.3, -0.25) is 4.98 Å². The predicted octanol–water partition coefficient (Wildman–Crippen LogP) is 2.58. The lowest BCUT2D eigenvalue weighted by molar-refractivity contribution is -0.120. The molecule has 1 N–H and O–H groups in total. The summed E-state index contributed by atoms with van der Waals surface area (Å²) in [4.78, 5) is 5.24. The molecule has 1 rings (SSSR count). The first-order valence-corrected chi connectivity index (χ1v) is 5.76. The molecule has 6 heteroatoms. The summed E-state index contributed by atoms with van der Waals surface area (Å²) >= 11 is 0. The van der Waals surface area contributed by atoms with Crippen molar-refractivity contribution >= 4 is 5.69 Å². The molecule has 1 heterocycles. The molecular weight excluding hydrogens is 243 g/mol. The van der Waals surface area contributed by atoms with Gasteiger partial charge in [0.25, 0.3) is 0 Å². The van der Waals surface area contributed by atoms with E-state index < -0.39 is 12.7 Å². The zero-order chi connectivity index (χ0) is 13.8. The molecular formula is C12H18F3N3. The fourth-order valence-corrected chi connectivity index (χ4v) is 1.75. The Balaban J connectivity index is 3.05. The minimum Gasteiger partial charge on any atom is -0.359 e. The summed E-state index contributed by atoms with van der Waals surface area (Å²) in [7, 11) is 1.76. The van der Waals surface area contributed by atoms with Gasteiger partial charge >= 0.3 is 6.18 Å². The maximum absolute atomic E-state index is 12.6. The van der Waals surface area contributed by atoms with Crippen LogP contribution in [0.25, 0.3) is 0 Å². The number of halogens is 3. The Kier molecular flexibility index (Phi) is 4.95. The number of hydrogen-bond donors (Lipinski definition) is 1. The van der Waals surface area contributed by atoms with Gasteiger partial charge in [-0.25, -0.2) is 0 Å². The van der Waals surface area contributed by atoms with E-state index in [4.69, 9.17) is 0 Å². The Morgan fingerprint density at radius 1 is 1.39 bits per heavy atom. The number of nitrogens with zero attached hydrogens (tertiary/aromatic N) is 2. The van der Waals surface area contributed by atoms with E-state index in [-0.39, 0.29) is 6.04 Å². The number of pyridine rings is 1. The molecule has 0 aliphatic rings. The summed E-state index contributed by atoms with van der Waals surface area (Å²) in [5.74, 6) is 0. The molecule has 0 saturated heterocycles. The van der Waals surface area contributed by atoms with Crippen LogP contribution in [0.2, 0.25) is 0 Å². The van der Waals surface area contributed by atoms with Crippen molar-refractivity contribution in [2.75, 3.05) is 18.5 Å². The molecule has 0 unspecified atom stereocenters. The smallest absolute Gasteiger partial charge is 0.359 e. The molecule has 102 valence electrons. The molecule has 1 aromatic heterocycles. The third-order valence-electron chi connectivity index (χ3n) is 2.54. The van der Waals surface area contributed by atoms with Gasteiger partial charge in [0, 0.05) is 18.8 Å². The Morgan fingerprint density at radius 3 is 2.56 bits per heavy atom. The van der Waals surface area contributed by atoms with Crippen LogP contribution in [-0.4, -0.2) is 30.8 Å². The Morgan fingerprint density at radius 2 is 2.06 bits per heavy atom. The van der Waals surface area contributed by atoms with Crippen molar-refractivity contribution in [1.82, 2.24) is 10.3 Å². The maximum atomic E-state index is 12.6. The van der Waals surface area contributed by atoms with Crippen LogP contribution >= 0.6 is 0 Å². The van der Waals surface area contributed by atoms with E-state index >= 15 is 0 Å². The van der Waals surface area contributed by atoms with E-state index in [1.807, 2.05) is 0 Å². The zero-order valence-electron chi connectivity index (χ0n) is 10.8. The lowest BCUT2D eigenvalue weighted by atomic mass is 10.1. The van der Waals surface area contributed by atoms with Gasteiger partial charge in [0.2, 0.25) is 0 Å². The Bertz CT molecular complexity index is 377. The molecule has 0 atom stereocenters. The quantitative estimate of drug-likeness (QED) is 0.883. The van der Waals surface area contributed by atoms with Crippen molar-refractivity contribution in [2.45, 2.75) is 32.6 Å². The summed E-state index contributed by atoms with van der Waals surface area (Å²) in [5, 5.41) is 2.95. The van der Waals surface area contributed by atoms with Crippen LogP contribution in [0.5, 0.6) is 0 Å². The van der Waals surface area contributed by atoms with Crippen LogP contribution in [0.3, 0.4) is 0 Å². The standard InChI is InChI=1S/C12H18F3N3/c1-9(2)18(8-12(13,14)15)11-7-17-5-4-10(11)6-16-3/h4-5,7,9,16H,6,8H2,1-3H3. The molecule has 0 spiro atoms. The number of nitrogens with one attached hydrogen (secondary N) is 1. The number of alkyl halides is 3. The molecule has 0 bridgehead atoms. The van der Waals surface area contributed by atoms with Crippen LogP contribution in [0, 0.1) is 0 Å². The highest BCUT2D eigenvalue weighted by molar-refractivity contribution is 5.52. The summed E-state index contributed by atoms with van der Waals surface area (Å²) in [5.41, 5.74) is 1.34. The lowest BCUT2D eigenvalue weighted by Crippen LogP contribution is -2.40. The first-order valence-electron chi connectivity index (χ1n) is 5.76. The van der Waals surface area contributed by atoms with Gasteiger partial charge in [0.1, 0.15) is 6.54 Å². The molecule has 0 radical (unpaired) electrons. The van der Waals surface area contributed by atoms with Crippen molar-refractivity contribution in [3.05, 3.63) is 24.0 Å². The monoisotopic (exact) mass is 261 g/mol. The van der Waals surface area contributed by atoms with E-state index in [0.717, 1.165) is 5.56 Å². The largest absolute Gasteiger partial charge is 0.405 e. The van der Waals surface area contributed by atoms with Crippen molar-refractivity contribution < 1.29 is 13.2 Å². The van der Waals surface area contributed by atoms with E-state index in [0.29, 0.717) is 12.2 Å². The van der Waals surface area contributed by atoms with E-state index in [1.54, 1.807) is 33.2 Å². The lowest BCUT2D eigenvalue weighted by Gasteiger charge is -2.31. The average Bonchev–Trinajstić information content (AvgIpc) is 2.26. The van der Waals surface area contributed by atoms with Crippen molar-refractivity contribution in [3.63, 3.8) is 0 Å². The Labute approximate surface area is 105 Å². The van der Waals surface area contributed by atoms with Gasteiger partial charge in [-0.2, -0.15) is 13.2 Å². The molecule has 0 amide bonds. The molecule has 18 heavy (non-hydrogen) atoms. The molecule has 1 aromatic rings. The topological polar surface area (TPSA) is 28.2 Å². The fraction of sp³-hybridized carbons (Fsp3) is 0.583. The summed E-state index contributed by atoms with van der Waals surface area (Å²) in [6.07, 6.45) is -1.16. The van der Waals surface area contributed by atoms with Crippen LogP contribution in [0.4, 0.5) is 18.9 Å². The summed E-state index contributed by atoms with van der Waals surface area (Å²) in [6, 6.07) is 1.49. The van der Waals surface area contributed by atoms with Crippen molar-refractivity contribution in [2.24, 2.45) is 0 Å². The molecule has 0 saturated carbocycles. The number of aromatic nitrogens is 1. The second-order valence-corrected chi connectivity index (χ2v) is 4.37. The van der Waals surface area contributed by atoms with Crippen LogP contribution in [0.1, 0.15) is 19.4 Å². The number of rotatable bonds is 5. The summed E-state index contributed by atoms with van der Waals surface area (Å²) < 4.78 is 37.8.